The molecule has 9 aromatic rings. The van der Waals surface area contributed by atoms with E-state index in [2.05, 4.69) is 39.9 Å². The maximum absolute atomic E-state index is 16.4. The van der Waals surface area contributed by atoms with Crippen LogP contribution in [0.1, 0.15) is 67.5 Å². The average molecular weight is 1250 g/mol. The van der Waals surface area contributed by atoms with Gasteiger partial charge in [0.15, 0.2) is 93.1 Å². The highest BCUT2D eigenvalue weighted by atomic mass is 19.2. The molecule has 0 atom stereocenters. The van der Waals surface area contributed by atoms with Gasteiger partial charge in [0.1, 0.15) is 0 Å². The van der Waals surface area contributed by atoms with Crippen molar-refractivity contribution >= 4 is 66.9 Å². The molecule has 8 nitrogen and oxygen atoms in total. The molecule has 5 aromatic carbocycles. The monoisotopic (exact) mass is 1250 g/mol. The van der Waals surface area contributed by atoms with Gasteiger partial charge in [-0.15, -0.1) is 0 Å². The van der Waals surface area contributed by atoms with E-state index in [4.69, 9.17) is 0 Å². The van der Waals surface area contributed by atoms with E-state index in [9.17, 15) is 17.6 Å². The zero-order chi connectivity index (χ0) is 63.3. The Hall–Kier alpha value is -11.1. The summed E-state index contributed by atoms with van der Waals surface area (Å²) in [4.78, 5) is 29.6. The minimum Gasteiger partial charge on any atom is -0.354 e. The van der Waals surface area contributed by atoms with Crippen LogP contribution in [-0.2, 0) is 0 Å². The predicted octanol–water partition coefficient (Wildman–Crippen LogP) is 16.0. The first kappa shape index (κ1) is 55.5. The van der Waals surface area contributed by atoms with E-state index in [-0.39, 0.29) is 67.2 Å². The number of H-pyrrole nitrogens is 4. The normalized spacial score (nSPS) is 15.7. The fraction of sp³-hybridized carbons (Fsp3) is 0. The Bertz CT molecular complexity index is 4960. The molecule has 0 saturated heterocycles. The van der Waals surface area contributed by atoms with Crippen LogP contribution in [0.5, 0.6) is 0 Å². The second-order valence-corrected chi connectivity index (χ2v) is 20.4. The molecule has 6 aliphatic heterocycles. The van der Waals surface area contributed by atoms with Gasteiger partial charge in [-0.05, 0) is 85.0 Å². The lowest BCUT2D eigenvalue weighted by Crippen LogP contribution is -2.10. The van der Waals surface area contributed by atoms with E-state index in [0.29, 0.717) is 0 Å². The van der Waals surface area contributed by atoms with Crippen LogP contribution in [0.2, 0.25) is 0 Å². The quantitative estimate of drug-likeness (QED) is 0.0764. The summed E-state index contributed by atoms with van der Waals surface area (Å²) >= 11 is 0. The van der Waals surface area contributed by atoms with Crippen LogP contribution in [0.4, 0.5) is 87.8 Å². The number of benzene rings is 5. The summed E-state index contributed by atoms with van der Waals surface area (Å²) in [5, 5.41) is 0.198. The van der Waals surface area contributed by atoms with E-state index in [0.717, 1.165) is 60.7 Å². The van der Waals surface area contributed by atoms with Crippen LogP contribution in [0.25, 0.3) is 44.1 Å². The summed E-state index contributed by atoms with van der Waals surface area (Å²) in [5.41, 5.74) is -17.0. The first-order valence-electron chi connectivity index (χ1n) is 25.7. The fourth-order valence-corrected chi connectivity index (χ4v) is 11.6. The van der Waals surface area contributed by atoms with Gasteiger partial charge in [0.2, 0.25) is 23.3 Å². The van der Waals surface area contributed by atoms with Crippen molar-refractivity contribution in [2.45, 2.75) is 0 Å². The topological polar surface area (TPSA) is 113 Å². The van der Waals surface area contributed by atoms with E-state index in [1.54, 1.807) is 0 Å². The summed E-state index contributed by atoms with van der Waals surface area (Å²) in [7, 11) is 0. The molecule has 4 N–H and O–H groups in total. The molecule has 15 rings (SSSR count). The van der Waals surface area contributed by atoms with Gasteiger partial charge in [-0.3, -0.25) is 0 Å². The molecular formula is C62H18F20N8. The number of halogens is 20. The van der Waals surface area contributed by atoms with E-state index < -0.39 is 206 Å². The number of aliphatic imine (C=N–C) groups is 4. The zero-order valence-corrected chi connectivity index (χ0v) is 43.4. The molecule has 0 fully saturated rings. The van der Waals surface area contributed by atoms with Gasteiger partial charge in [-0.2, -0.15) is 0 Å². The molecule has 90 heavy (non-hydrogen) atoms. The Balaban J connectivity index is 1.10. The number of nitrogens with one attached hydrogen (secondary N) is 4. The minimum absolute atomic E-state index is 0.0417. The summed E-state index contributed by atoms with van der Waals surface area (Å²) in [6, 6.07) is 6.38. The van der Waals surface area contributed by atoms with Crippen LogP contribution in [-0.4, -0.2) is 42.8 Å². The molecule has 28 heteroatoms. The van der Waals surface area contributed by atoms with E-state index >= 15 is 70.2 Å². The van der Waals surface area contributed by atoms with Gasteiger partial charge in [-0.1, -0.05) is 0 Å². The van der Waals surface area contributed by atoms with Crippen molar-refractivity contribution in [3.05, 3.63) is 292 Å². The van der Waals surface area contributed by atoms with Crippen molar-refractivity contribution in [3.8, 4) is 0 Å². The maximum Gasteiger partial charge on any atom is 0.200 e. The SMILES string of the molecule is Fc1c(F)c(F)c(C2=C3C=CC(=N3)c3cc4c([nH]3)c(c3c5[nH]c(cc54)C4=NC(=C(c5c(F)c(F)c(F)c(F)c5F)c5ccc([nH]5)C(c5c(F)c(F)c(F)c(F)c5F)=C5C=CC3=N5)C=C4)C3=NC(=C(c4c(F)c(F)c(F)c(F)c4F)c4ccc2[nH]4)C=C3)c(F)c1F. The highest BCUT2D eigenvalue weighted by Gasteiger charge is 2.39. The lowest BCUT2D eigenvalue weighted by molar-refractivity contribution is 0.376. The number of rotatable bonds is 4. The Morgan fingerprint density at radius 3 is 0.667 bits per heavy atom. The average Bonchev–Trinajstić information content (AvgIpc) is 1.54. The van der Waals surface area contributed by atoms with Crippen LogP contribution in [0, 0.1) is 116 Å². The molecule has 0 unspecified atom stereocenters. The Labute approximate surface area is 485 Å². The first-order valence-corrected chi connectivity index (χ1v) is 25.7. The molecule has 0 radical (unpaired) electrons. The van der Waals surface area contributed by atoms with Crippen molar-refractivity contribution in [3.63, 3.8) is 0 Å². The smallest absolute Gasteiger partial charge is 0.200 e. The van der Waals surface area contributed by atoms with Crippen molar-refractivity contribution in [1.82, 2.24) is 19.9 Å². The van der Waals surface area contributed by atoms with Gasteiger partial charge < -0.3 is 19.9 Å². The molecule has 4 aromatic heterocycles. The highest BCUT2D eigenvalue weighted by molar-refractivity contribution is 6.34. The molecule has 0 saturated carbocycles. The lowest BCUT2D eigenvalue weighted by Gasteiger charge is -2.15. The molecule has 16 bridgehead atoms. The fourth-order valence-electron chi connectivity index (χ4n) is 11.6. The summed E-state index contributed by atoms with van der Waals surface area (Å²) in [6.45, 7) is 0. The largest absolute Gasteiger partial charge is 0.354 e. The second-order valence-electron chi connectivity index (χ2n) is 20.4. The Morgan fingerprint density at radius 1 is 0.211 bits per heavy atom. The summed E-state index contributed by atoms with van der Waals surface area (Å²) in [5.74, 6) is -49.5. The predicted molar refractivity (Wildman–Crippen MR) is 283 cm³/mol. The van der Waals surface area contributed by atoms with Gasteiger partial charge >= 0.3 is 0 Å². The highest BCUT2D eigenvalue weighted by Crippen LogP contribution is 2.46. The lowest BCUT2D eigenvalue weighted by atomic mass is 9.93. The third-order valence-corrected chi connectivity index (χ3v) is 15.6. The van der Waals surface area contributed by atoms with Gasteiger partial charge in [0.05, 0.1) is 90.3 Å². The van der Waals surface area contributed by atoms with E-state index in [1.807, 2.05) is 0 Å². The number of hydrogen-bond acceptors (Lipinski definition) is 4. The first-order chi connectivity index (χ1) is 42.9. The molecule has 6 aliphatic rings. The second kappa shape index (κ2) is 19.2. The molecular weight excluding hydrogens is 1240 g/mol. The number of allylic oxidation sites excluding steroid dienone is 8. The molecule has 0 aliphatic carbocycles. The maximum atomic E-state index is 16.4. The van der Waals surface area contributed by atoms with Crippen LogP contribution in [0.15, 0.2) is 128 Å². The van der Waals surface area contributed by atoms with E-state index in [1.165, 1.54) is 24.3 Å². The summed E-state index contributed by atoms with van der Waals surface area (Å²) < 4.78 is 311. The van der Waals surface area contributed by atoms with Crippen molar-refractivity contribution in [2.75, 3.05) is 0 Å². The number of hydrogen-bond donors (Lipinski definition) is 4. The molecule has 0 amide bonds. The van der Waals surface area contributed by atoms with Crippen LogP contribution < -0.4 is 0 Å². The third-order valence-electron chi connectivity index (χ3n) is 15.6. The summed E-state index contributed by atoms with van der Waals surface area (Å²) in [6.07, 6.45) is 8.83. The molecule has 10 heterocycles. The number of fused-ring (bicyclic) bond motifs is 16. The number of nitrogens with zero attached hydrogens (tertiary/aromatic N) is 4. The van der Waals surface area contributed by atoms with Gasteiger partial charge in [-0.25, -0.2) is 108 Å². The number of aromatic amines is 4. The third kappa shape index (κ3) is 7.52. The zero-order valence-electron chi connectivity index (χ0n) is 43.4. The van der Waals surface area contributed by atoms with Gasteiger partial charge in [0.25, 0.3) is 0 Å². The van der Waals surface area contributed by atoms with Crippen molar-refractivity contribution in [1.29, 1.82) is 0 Å². The van der Waals surface area contributed by atoms with Crippen LogP contribution >= 0.6 is 0 Å². The molecule has 0 spiro atoms. The van der Waals surface area contributed by atoms with Crippen LogP contribution in [0.3, 0.4) is 0 Å². The Morgan fingerprint density at radius 2 is 0.422 bits per heavy atom. The van der Waals surface area contributed by atoms with Crippen molar-refractivity contribution in [2.24, 2.45) is 20.0 Å². The molecule has 446 valence electrons. The minimum atomic E-state index is -2.61. The van der Waals surface area contributed by atoms with Gasteiger partial charge in [0, 0.05) is 67.0 Å². The number of aromatic nitrogens is 4. The van der Waals surface area contributed by atoms with Crippen molar-refractivity contribution < 1.29 is 87.8 Å². The Kier molecular flexibility index (Phi) is 11.9. The standard InChI is InChI=1S/C62H18F20N8/c63-41-37(42(64)50(72)57(79)49(41)71)31-19-3-1-17(83-19)29-13-15-16-14-30-18-2-4-20(84-18)32(38-43(65)51(73)58(80)52(74)44(38)66)22-6-8-24(86-22)34(40-47(69)55(77)60(82)56(78)48(40)70)26-10-12-28(88-26)36(62(16)90-30)35(61(15)89-29)27-11-9-25(87-27)33(23-7-5-21(31)85-23)39-45(67)53(75)59(81)54(76)46(39)68/h1-14,85-86,89-90H.